The third kappa shape index (κ3) is 3.03. The smallest absolute Gasteiger partial charge is 0.328 e. The summed E-state index contributed by atoms with van der Waals surface area (Å²) in [5.74, 6) is -1.05. The molecule has 0 aliphatic heterocycles. The van der Waals surface area contributed by atoms with Crippen LogP contribution in [0, 0.1) is 0 Å². The molecule has 0 heterocycles. The Hall–Kier alpha value is -1.94. The van der Waals surface area contributed by atoms with Gasteiger partial charge < -0.3 is 10.2 Å². The summed E-state index contributed by atoms with van der Waals surface area (Å²) in [6, 6.07) is 4.75. The van der Waals surface area contributed by atoms with E-state index in [4.69, 9.17) is 10.2 Å². The number of carbonyl (C=O) groups is 2. The Balaban J connectivity index is 3.03. The zero-order valence-corrected chi connectivity index (χ0v) is 7.88. The molecular formula is C11H10O4. The largest absolute Gasteiger partial charge is 0.478 e. The van der Waals surface area contributed by atoms with E-state index in [-0.39, 0.29) is 6.61 Å². The van der Waals surface area contributed by atoms with E-state index in [1.165, 1.54) is 12.1 Å². The highest BCUT2D eigenvalue weighted by Crippen LogP contribution is 2.11. The number of carboxylic acid groups (broad SMARTS) is 1. The predicted octanol–water partition coefficient (Wildman–Crippen LogP) is 1.09. The number of benzene rings is 1. The highest BCUT2D eigenvalue weighted by molar-refractivity contribution is 5.86. The topological polar surface area (TPSA) is 74.6 Å². The molecule has 0 aliphatic carbocycles. The van der Waals surface area contributed by atoms with Crippen molar-refractivity contribution in [1.82, 2.24) is 0 Å². The first kappa shape index (κ1) is 11.1. The van der Waals surface area contributed by atoms with Crippen LogP contribution >= 0.6 is 0 Å². The van der Waals surface area contributed by atoms with Crippen molar-refractivity contribution in [2.75, 3.05) is 0 Å². The third-order valence-corrected chi connectivity index (χ3v) is 1.89. The van der Waals surface area contributed by atoms with Crippen molar-refractivity contribution in [3.8, 4) is 0 Å². The van der Waals surface area contributed by atoms with Crippen LogP contribution in [0.25, 0.3) is 6.08 Å². The van der Waals surface area contributed by atoms with E-state index >= 15 is 0 Å². The highest BCUT2D eigenvalue weighted by atomic mass is 16.4. The quantitative estimate of drug-likeness (QED) is 0.571. The van der Waals surface area contributed by atoms with Crippen LogP contribution in [0.1, 0.15) is 21.5 Å². The first-order valence-electron chi connectivity index (χ1n) is 4.27. The highest BCUT2D eigenvalue weighted by Gasteiger charge is 2.00. The molecule has 15 heavy (non-hydrogen) atoms. The van der Waals surface area contributed by atoms with Crippen LogP contribution < -0.4 is 0 Å². The molecule has 0 saturated heterocycles. The molecule has 0 bridgehead atoms. The van der Waals surface area contributed by atoms with Crippen LogP contribution in [-0.4, -0.2) is 22.5 Å². The molecule has 0 fully saturated rings. The van der Waals surface area contributed by atoms with E-state index in [1.807, 2.05) is 0 Å². The number of carboxylic acids is 1. The van der Waals surface area contributed by atoms with Gasteiger partial charge in [0, 0.05) is 11.6 Å². The van der Waals surface area contributed by atoms with Gasteiger partial charge in [-0.3, -0.25) is 4.79 Å². The molecule has 0 radical (unpaired) electrons. The number of aliphatic hydroxyl groups excluding tert-OH is 1. The van der Waals surface area contributed by atoms with Gasteiger partial charge in [-0.05, 0) is 23.3 Å². The van der Waals surface area contributed by atoms with Gasteiger partial charge in [0.15, 0.2) is 0 Å². The van der Waals surface area contributed by atoms with E-state index in [1.54, 1.807) is 12.1 Å². The number of hydrogen-bond acceptors (Lipinski definition) is 3. The normalized spacial score (nSPS) is 10.5. The molecule has 0 aliphatic rings. The van der Waals surface area contributed by atoms with Crippen molar-refractivity contribution >= 4 is 18.3 Å². The maximum Gasteiger partial charge on any atom is 0.328 e. The summed E-state index contributed by atoms with van der Waals surface area (Å²) in [6.07, 6.45) is 3.00. The SMILES string of the molecule is O=Cc1cc(/C=C/C(=O)O)ccc1CO. The number of aliphatic hydroxyl groups is 1. The molecule has 0 aromatic heterocycles. The maximum atomic E-state index is 10.6. The van der Waals surface area contributed by atoms with Crippen LogP contribution in [-0.2, 0) is 11.4 Å². The lowest BCUT2D eigenvalue weighted by Gasteiger charge is -2.01. The van der Waals surface area contributed by atoms with Gasteiger partial charge in [0.1, 0.15) is 6.29 Å². The average molecular weight is 206 g/mol. The molecule has 0 unspecified atom stereocenters. The van der Waals surface area contributed by atoms with Crippen molar-refractivity contribution in [1.29, 1.82) is 0 Å². The second-order valence-electron chi connectivity index (χ2n) is 2.91. The maximum absolute atomic E-state index is 10.6. The first-order chi connectivity index (χ1) is 7.17. The van der Waals surface area contributed by atoms with E-state index in [2.05, 4.69) is 0 Å². The van der Waals surface area contributed by atoms with Gasteiger partial charge in [-0.15, -0.1) is 0 Å². The van der Waals surface area contributed by atoms with E-state index in [0.29, 0.717) is 23.0 Å². The summed E-state index contributed by atoms with van der Waals surface area (Å²) >= 11 is 0. The van der Waals surface area contributed by atoms with Crippen molar-refractivity contribution < 1.29 is 19.8 Å². The number of aliphatic carboxylic acids is 1. The fourth-order valence-electron chi connectivity index (χ4n) is 1.14. The Bertz CT molecular complexity index is 407. The van der Waals surface area contributed by atoms with Crippen molar-refractivity contribution in [3.05, 3.63) is 41.0 Å². The first-order valence-corrected chi connectivity index (χ1v) is 4.27. The summed E-state index contributed by atoms with van der Waals surface area (Å²) in [5.41, 5.74) is 1.50. The standard InChI is InChI=1S/C11H10O4/c12-6-9-3-1-8(2-4-11(14)15)5-10(9)7-13/h1-5,7,12H,6H2,(H,14,15)/b4-2+. The molecule has 0 spiro atoms. The van der Waals surface area contributed by atoms with Crippen LogP contribution in [0.15, 0.2) is 24.3 Å². The molecule has 0 saturated carbocycles. The van der Waals surface area contributed by atoms with E-state index in [0.717, 1.165) is 6.08 Å². The molecular weight excluding hydrogens is 196 g/mol. The lowest BCUT2D eigenvalue weighted by Crippen LogP contribution is -1.93. The molecule has 1 aromatic rings. The minimum absolute atomic E-state index is 0.211. The van der Waals surface area contributed by atoms with Gasteiger partial charge in [-0.25, -0.2) is 4.79 Å². The summed E-state index contributed by atoms with van der Waals surface area (Å²) in [6.45, 7) is -0.211. The second kappa shape index (κ2) is 5.07. The molecule has 4 heteroatoms. The minimum atomic E-state index is -1.05. The fraction of sp³-hybridized carbons (Fsp3) is 0.0909. The summed E-state index contributed by atoms with van der Waals surface area (Å²) in [7, 11) is 0. The number of carbonyl (C=O) groups excluding carboxylic acids is 1. The van der Waals surface area contributed by atoms with Crippen LogP contribution in [0.3, 0.4) is 0 Å². The summed E-state index contributed by atoms with van der Waals surface area (Å²) in [4.78, 5) is 20.9. The van der Waals surface area contributed by atoms with Crippen LogP contribution in [0.5, 0.6) is 0 Å². The Morgan fingerprint density at radius 1 is 1.40 bits per heavy atom. The number of rotatable bonds is 4. The molecule has 1 rings (SSSR count). The lowest BCUT2D eigenvalue weighted by atomic mass is 10.1. The van der Waals surface area contributed by atoms with Gasteiger partial charge in [-0.2, -0.15) is 0 Å². The Morgan fingerprint density at radius 2 is 2.13 bits per heavy atom. The van der Waals surface area contributed by atoms with E-state index < -0.39 is 5.97 Å². The molecule has 4 nitrogen and oxygen atoms in total. The van der Waals surface area contributed by atoms with Crippen molar-refractivity contribution in [2.45, 2.75) is 6.61 Å². The van der Waals surface area contributed by atoms with Crippen LogP contribution in [0.4, 0.5) is 0 Å². The van der Waals surface area contributed by atoms with Gasteiger partial charge in [0.2, 0.25) is 0 Å². The van der Waals surface area contributed by atoms with Crippen LogP contribution in [0.2, 0.25) is 0 Å². The zero-order chi connectivity index (χ0) is 11.3. The third-order valence-electron chi connectivity index (χ3n) is 1.89. The Labute approximate surface area is 86.5 Å². The predicted molar refractivity (Wildman–Crippen MR) is 54.4 cm³/mol. The lowest BCUT2D eigenvalue weighted by molar-refractivity contribution is -0.131. The Morgan fingerprint density at radius 3 is 2.67 bits per heavy atom. The fourth-order valence-corrected chi connectivity index (χ4v) is 1.14. The Kier molecular flexibility index (Phi) is 3.76. The number of hydrogen-bond donors (Lipinski definition) is 2. The van der Waals surface area contributed by atoms with Gasteiger partial charge in [-0.1, -0.05) is 12.1 Å². The van der Waals surface area contributed by atoms with Crippen molar-refractivity contribution in [3.63, 3.8) is 0 Å². The second-order valence-corrected chi connectivity index (χ2v) is 2.91. The zero-order valence-electron chi connectivity index (χ0n) is 7.88. The van der Waals surface area contributed by atoms with Gasteiger partial charge in [0.05, 0.1) is 6.61 Å². The van der Waals surface area contributed by atoms with Gasteiger partial charge >= 0.3 is 5.97 Å². The number of aldehydes is 1. The summed E-state index contributed by atoms with van der Waals surface area (Å²) in [5, 5.41) is 17.3. The van der Waals surface area contributed by atoms with Gasteiger partial charge in [0.25, 0.3) is 0 Å². The molecule has 1 aromatic carbocycles. The minimum Gasteiger partial charge on any atom is -0.478 e. The van der Waals surface area contributed by atoms with Crippen molar-refractivity contribution in [2.24, 2.45) is 0 Å². The monoisotopic (exact) mass is 206 g/mol. The average Bonchev–Trinajstić information content (AvgIpc) is 2.25. The molecule has 0 atom stereocenters. The summed E-state index contributed by atoms with van der Waals surface area (Å²) < 4.78 is 0. The molecule has 2 N–H and O–H groups in total. The molecule has 0 amide bonds. The molecule has 78 valence electrons. The van der Waals surface area contributed by atoms with E-state index in [9.17, 15) is 9.59 Å².